The van der Waals surface area contributed by atoms with Crippen LogP contribution in [-0.2, 0) is 0 Å². The van der Waals surface area contributed by atoms with E-state index in [1.807, 2.05) is 0 Å². The molecule has 0 bridgehead atoms. The van der Waals surface area contributed by atoms with Gasteiger partial charge in [-0.15, -0.1) is 13.2 Å². The molecule has 0 radical (unpaired) electrons. The predicted octanol–water partition coefficient (Wildman–Crippen LogP) is 1.93. The van der Waals surface area contributed by atoms with Gasteiger partial charge in [-0.3, -0.25) is 0 Å². The van der Waals surface area contributed by atoms with Crippen molar-refractivity contribution < 1.29 is 0 Å². The van der Waals surface area contributed by atoms with Gasteiger partial charge in [-0.1, -0.05) is 31.0 Å². The fourth-order valence-electron chi connectivity index (χ4n) is 0.827. The molecule has 0 rings (SSSR count). The molecule has 0 spiro atoms. The summed E-state index contributed by atoms with van der Waals surface area (Å²) in [6.45, 7) is 14.6. The molecule has 0 aromatic rings. The third-order valence-corrected chi connectivity index (χ3v) is 10.3. The van der Waals surface area contributed by atoms with Gasteiger partial charge < -0.3 is 4.23 Å². The first kappa shape index (κ1) is 10.9. The molecule has 1 nitrogen and oxygen atoms in total. The lowest BCUT2D eigenvalue weighted by Crippen LogP contribution is -2.50. The highest BCUT2D eigenvalue weighted by Crippen LogP contribution is 2.10. The van der Waals surface area contributed by atoms with Crippen molar-refractivity contribution in [2.45, 2.75) is 19.6 Å². The number of hydrogen-bond donors (Lipinski definition) is 0. The lowest BCUT2D eigenvalue weighted by molar-refractivity contribution is 0.796. The molecule has 0 aliphatic carbocycles. The first-order valence-corrected chi connectivity index (χ1v) is 9.31. The molecule has 0 amide bonds. The van der Waals surface area contributed by atoms with Gasteiger partial charge in [-0.05, 0) is 7.05 Å². The van der Waals surface area contributed by atoms with Crippen molar-refractivity contribution in [3.8, 4) is 0 Å². The molecule has 1 atom stereocenters. The average molecular weight is 185 g/mol. The van der Waals surface area contributed by atoms with E-state index in [0.717, 1.165) is 0 Å². The molecule has 1 unspecified atom stereocenters. The SMILES string of the molecule is C=C[SiH](C)N(C)[Si](C)(C)C=C. The Morgan fingerprint density at radius 1 is 1.36 bits per heavy atom. The zero-order valence-electron chi connectivity index (χ0n) is 8.09. The van der Waals surface area contributed by atoms with Crippen molar-refractivity contribution in [3.63, 3.8) is 0 Å². The van der Waals surface area contributed by atoms with Crippen LogP contribution in [0.1, 0.15) is 0 Å². The molecular formula is C8H19NSi2. The second kappa shape index (κ2) is 4.04. The summed E-state index contributed by atoms with van der Waals surface area (Å²) in [6, 6.07) is 0. The quantitative estimate of drug-likeness (QED) is 0.605. The van der Waals surface area contributed by atoms with E-state index < -0.39 is 17.2 Å². The van der Waals surface area contributed by atoms with Crippen LogP contribution in [-0.4, -0.2) is 28.5 Å². The van der Waals surface area contributed by atoms with Crippen molar-refractivity contribution in [2.75, 3.05) is 7.05 Å². The maximum Gasteiger partial charge on any atom is 0.139 e. The molecule has 0 heterocycles. The summed E-state index contributed by atoms with van der Waals surface area (Å²) < 4.78 is 2.51. The van der Waals surface area contributed by atoms with E-state index in [9.17, 15) is 0 Å². The summed E-state index contributed by atoms with van der Waals surface area (Å²) in [5, 5.41) is 0. The molecule has 0 N–H and O–H groups in total. The van der Waals surface area contributed by atoms with Crippen LogP contribution < -0.4 is 0 Å². The van der Waals surface area contributed by atoms with Crippen LogP contribution in [0.4, 0.5) is 0 Å². The van der Waals surface area contributed by atoms with E-state index in [4.69, 9.17) is 0 Å². The summed E-state index contributed by atoms with van der Waals surface area (Å²) in [5.41, 5.74) is 4.23. The Hall–Kier alpha value is -0.126. The standard InChI is InChI=1S/C8H19NSi2/c1-7-10(4)9(3)11(5,6)8-2/h7-8,10H,1-2H2,3-6H3. The third-order valence-electron chi connectivity index (χ3n) is 2.36. The van der Waals surface area contributed by atoms with Crippen LogP contribution >= 0.6 is 0 Å². The maximum absolute atomic E-state index is 3.88. The van der Waals surface area contributed by atoms with Gasteiger partial charge in [0, 0.05) is 0 Å². The lowest BCUT2D eigenvalue weighted by Gasteiger charge is -2.33. The molecule has 0 aliphatic heterocycles. The van der Waals surface area contributed by atoms with E-state index in [1.54, 1.807) is 0 Å². The van der Waals surface area contributed by atoms with E-state index >= 15 is 0 Å². The second-order valence-electron chi connectivity index (χ2n) is 3.44. The highest BCUT2D eigenvalue weighted by atomic mass is 28.4. The Morgan fingerprint density at radius 3 is 2.09 bits per heavy atom. The minimum atomic E-state index is -1.28. The third kappa shape index (κ3) is 2.77. The van der Waals surface area contributed by atoms with Gasteiger partial charge in [0.25, 0.3) is 0 Å². The molecule has 0 saturated carbocycles. The van der Waals surface area contributed by atoms with Gasteiger partial charge in [0.1, 0.15) is 17.2 Å². The van der Waals surface area contributed by atoms with Gasteiger partial charge in [0.15, 0.2) is 0 Å². The maximum atomic E-state index is 3.88. The average Bonchev–Trinajstić information content (AvgIpc) is 2.01. The molecule has 0 aromatic carbocycles. The van der Waals surface area contributed by atoms with Gasteiger partial charge >= 0.3 is 0 Å². The second-order valence-corrected chi connectivity index (χ2v) is 11.1. The highest BCUT2D eigenvalue weighted by Gasteiger charge is 2.25. The van der Waals surface area contributed by atoms with Gasteiger partial charge in [0.2, 0.25) is 0 Å². The van der Waals surface area contributed by atoms with Crippen LogP contribution in [0.5, 0.6) is 0 Å². The topological polar surface area (TPSA) is 3.24 Å². The van der Waals surface area contributed by atoms with Crippen molar-refractivity contribution in [3.05, 3.63) is 24.6 Å². The molecule has 0 saturated heterocycles. The first-order valence-electron chi connectivity index (χ1n) is 3.94. The van der Waals surface area contributed by atoms with E-state index in [0.29, 0.717) is 0 Å². The summed E-state index contributed by atoms with van der Waals surface area (Å²) in [4.78, 5) is 0. The van der Waals surface area contributed by atoms with Crippen LogP contribution in [0, 0.1) is 0 Å². The van der Waals surface area contributed by atoms with Gasteiger partial charge in [-0.25, -0.2) is 0 Å². The Kier molecular flexibility index (Phi) is 3.99. The van der Waals surface area contributed by atoms with Crippen molar-refractivity contribution >= 4 is 17.2 Å². The van der Waals surface area contributed by atoms with Crippen molar-refractivity contribution in [1.82, 2.24) is 4.23 Å². The predicted molar refractivity (Wildman–Crippen MR) is 58.7 cm³/mol. The minimum absolute atomic E-state index is 0.830. The molecule has 11 heavy (non-hydrogen) atoms. The number of hydrogen-bond acceptors (Lipinski definition) is 1. The molecular weight excluding hydrogens is 166 g/mol. The van der Waals surface area contributed by atoms with Crippen molar-refractivity contribution in [2.24, 2.45) is 0 Å². The zero-order chi connectivity index (χ0) is 9.07. The Balaban J connectivity index is 4.32. The largest absolute Gasteiger partial charge is 0.345 e. The van der Waals surface area contributed by atoms with Gasteiger partial charge in [-0.2, -0.15) is 0 Å². The zero-order valence-corrected chi connectivity index (χ0v) is 10.2. The monoisotopic (exact) mass is 185 g/mol. The van der Waals surface area contributed by atoms with E-state index in [2.05, 4.69) is 55.5 Å². The van der Waals surface area contributed by atoms with Crippen LogP contribution in [0.15, 0.2) is 24.6 Å². The molecule has 0 aliphatic rings. The Bertz CT molecular complexity index is 154. The minimum Gasteiger partial charge on any atom is -0.345 e. The Morgan fingerprint density at radius 2 is 1.82 bits per heavy atom. The van der Waals surface area contributed by atoms with Crippen molar-refractivity contribution in [1.29, 1.82) is 0 Å². The summed E-state index contributed by atoms with van der Waals surface area (Å²) in [7, 11) is 0.0934. The van der Waals surface area contributed by atoms with Crippen LogP contribution in [0.25, 0.3) is 0 Å². The fourth-order valence-corrected chi connectivity index (χ4v) is 6.26. The Labute approximate surface area is 73.2 Å². The molecule has 0 fully saturated rings. The van der Waals surface area contributed by atoms with Crippen LogP contribution in [0.2, 0.25) is 19.6 Å². The molecule has 0 aromatic heterocycles. The lowest BCUT2D eigenvalue weighted by atomic mass is 11.3. The fraction of sp³-hybridized carbons (Fsp3) is 0.500. The summed E-state index contributed by atoms with van der Waals surface area (Å²) in [5.74, 6) is 0. The van der Waals surface area contributed by atoms with Crippen LogP contribution in [0.3, 0.4) is 0 Å². The normalized spacial score (nSPS) is 14.6. The summed E-state index contributed by atoms with van der Waals surface area (Å²) in [6.07, 6.45) is 0. The van der Waals surface area contributed by atoms with E-state index in [-0.39, 0.29) is 0 Å². The van der Waals surface area contributed by atoms with Gasteiger partial charge in [0.05, 0.1) is 0 Å². The first-order chi connectivity index (χ1) is 4.95. The smallest absolute Gasteiger partial charge is 0.139 e. The molecule has 3 heteroatoms. The number of nitrogens with zero attached hydrogens (tertiary/aromatic N) is 1. The highest BCUT2D eigenvalue weighted by molar-refractivity contribution is 6.88. The number of rotatable bonds is 4. The summed E-state index contributed by atoms with van der Waals surface area (Å²) >= 11 is 0. The van der Waals surface area contributed by atoms with E-state index in [1.165, 1.54) is 0 Å². The molecule has 64 valence electrons.